The summed E-state index contributed by atoms with van der Waals surface area (Å²) in [6, 6.07) is 0. The van der Waals surface area contributed by atoms with Crippen molar-refractivity contribution in [3.8, 4) is 0 Å². The van der Waals surface area contributed by atoms with E-state index in [1.54, 1.807) is 0 Å². The van der Waals surface area contributed by atoms with Gasteiger partial charge < -0.3 is 10.2 Å². The highest BCUT2D eigenvalue weighted by atomic mass is 19.4. The largest absolute Gasteiger partial charge is 0.478 e. The van der Waals surface area contributed by atoms with Crippen molar-refractivity contribution >= 4 is 5.97 Å². The maximum absolute atomic E-state index is 12.1. The molecule has 0 saturated heterocycles. The topological polar surface area (TPSA) is 60.8 Å². The lowest BCUT2D eigenvalue weighted by atomic mass is 10.3. The van der Waals surface area contributed by atoms with Crippen LogP contribution in [0.1, 0.15) is 0 Å². The first-order valence-corrected chi connectivity index (χ1v) is 2.19. The van der Waals surface area contributed by atoms with Crippen molar-refractivity contribution in [2.24, 2.45) is 0 Å². The molecule has 8 heteroatoms. The number of aliphatic hydroxyl groups is 1. The first-order chi connectivity index (χ1) is 4.83. The Hall–Kier alpha value is -0.890. The second kappa shape index (κ2) is 3.01. The van der Waals surface area contributed by atoms with E-state index in [-0.39, 0.29) is 0 Å². The van der Waals surface area contributed by atoms with Crippen molar-refractivity contribution in [2.45, 2.75) is 12.2 Å². The Morgan fingerprint density at radius 3 is 1.91 bits per heavy atom. The van der Waals surface area contributed by atoms with Gasteiger partial charge >= 0.3 is 11.8 Å². The standard InChI is InChI=1S/C3H3F4NO3/c4-1(9)3(5,2(10)11)8(6)7/h1,9H,(H,10,11). The van der Waals surface area contributed by atoms with Gasteiger partial charge in [-0.2, -0.15) is 0 Å². The number of alkyl halides is 2. The second-order valence-corrected chi connectivity index (χ2v) is 1.55. The van der Waals surface area contributed by atoms with Crippen molar-refractivity contribution < 1.29 is 32.8 Å². The predicted octanol–water partition coefficient (Wildman–Crippen LogP) is 0.0957. The molecule has 2 unspecified atom stereocenters. The number of carbonyl (C=O) groups is 1. The zero-order valence-electron chi connectivity index (χ0n) is 4.84. The molecule has 0 aliphatic carbocycles. The van der Waals surface area contributed by atoms with Crippen molar-refractivity contribution in [3.63, 3.8) is 0 Å². The average Bonchev–Trinajstić information content (AvgIpc) is 1.84. The van der Waals surface area contributed by atoms with E-state index in [0.29, 0.717) is 0 Å². The molecule has 0 fully saturated rings. The number of hydrogen-bond donors (Lipinski definition) is 2. The van der Waals surface area contributed by atoms with E-state index < -0.39 is 23.5 Å². The van der Waals surface area contributed by atoms with Gasteiger partial charge in [-0.25, -0.2) is 13.6 Å². The van der Waals surface area contributed by atoms with Crippen molar-refractivity contribution in [3.05, 3.63) is 0 Å². The van der Waals surface area contributed by atoms with Gasteiger partial charge in [-0.15, -0.1) is 0 Å². The number of hydrogen-bond acceptors (Lipinski definition) is 3. The van der Waals surface area contributed by atoms with Gasteiger partial charge in [0.15, 0.2) is 0 Å². The number of aliphatic hydroxyl groups excluding tert-OH is 1. The minimum absolute atomic E-state index is 2.56. The Kier molecular flexibility index (Phi) is 2.77. The van der Waals surface area contributed by atoms with E-state index in [1.165, 1.54) is 0 Å². The van der Waals surface area contributed by atoms with Crippen LogP contribution in [-0.2, 0) is 4.79 Å². The van der Waals surface area contributed by atoms with Crippen LogP contribution in [0.4, 0.5) is 17.7 Å². The third-order valence-corrected chi connectivity index (χ3v) is 0.862. The monoisotopic (exact) mass is 177 g/mol. The molecule has 0 heterocycles. The van der Waals surface area contributed by atoms with Crippen molar-refractivity contribution in [1.82, 2.24) is 5.34 Å². The molecule has 4 nitrogen and oxygen atoms in total. The van der Waals surface area contributed by atoms with Crippen LogP contribution in [0, 0.1) is 0 Å². The summed E-state index contributed by atoms with van der Waals surface area (Å²) in [4.78, 5) is 9.61. The van der Waals surface area contributed by atoms with Crippen LogP contribution in [0.3, 0.4) is 0 Å². The van der Waals surface area contributed by atoms with Gasteiger partial charge in [0.1, 0.15) is 0 Å². The van der Waals surface area contributed by atoms with E-state index in [9.17, 15) is 22.5 Å². The fraction of sp³-hybridized carbons (Fsp3) is 0.667. The summed E-state index contributed by atoms with van der Waals surface area (Å²) in [6.45, 7) is 0. The number of nitrogens with zero attached hydrogens (tertiary/aromatic N) is 1. The molecule has 2 N–H and O–H groups in total. The summed E-state index contributed by atoms with van der Waals surface area (Å²) in [6.07, 6.45) is -3.81. The summed E-state index contributed by atoms with van der Waals surface area (Å²) in [7, 11) is 0. The lowest BCUT2D eigenvalue weighted by molar-refractivity contribution is -0.317. The van der Waals surface area contributed by atoms with Gasteiger partial charge in [0, 0.05) is 0 Å². The second-order valence-electron chi connectivity index (χ2n) is 1.55. The first-order valence-electron chi connectivity index (χ1n) is 2.19. The number of aliphatic carboxylic acids is 1. The normalized spacial score (nSPS) is 19.5. The maximum atomic E-state index is 12.1. The van der Waals surface area contributed by atoms with Crippen LogP contribution in [0.25, 0.3) is 0 Å². The molecule has 66 valence electrons. The van der Waals surface area contributed by atoms with Gasteiger partial charge in [0.05, 0.1) is 5.34 Å². The SMILES string of the molecule is O=C(O)C(F)(C(O)F)N(F)F. The van der Waals surface area contributed by atoms with Crippen LogP contribution >= 0.6 is 0 Å². The smallest absolute Gasteiger partial charge is 0.370 e. The Balaban J connectivity index is 4.67. The van der Waals surface area contributed by atoms with Gasteiger partial charge in [0.25, 0.3) is 6.36 Å². The highest BCUT2D eigenvalue weighted by molar-refractivity contribution is 5.76. The fourth-order valence-electron chi connectivity index (χ4n) is 0.255. The van der Waals surface area contributed by atoms with E-state index in [4.69, 9.17) is 10.2 Å². The molecule has 2 atom stereocenters. The Bertz CT molecular complexity index is 153. The summed E-state index contributed by atoms with van der Waals surface area (Å²) < 4.78 is 46.2. The lowest BCUT2D eigenvalue weighted by Gasteiger charge is -2.19. The van der Waals surface area contributed by atoms with Crippen LogP contribution < -0.4 is 0 Å². The van der Waals surface area contributed by atoms with Crippen molar-refractivity contribution in [1.29, 1.82) is 0 Å². The molecule has 0 amide bonds. The van der Waals surface area contributed by atoms with E-state index in [1.807, 2.05) is 0 Å². The van der Waals surface area contributed by atoms with Crippen LogP contribution in [0.2, 0.25) is 0 Å². The summed E-state index contributed by atoms with van der Waals surface area (Å²) in [5.41, 5.74) is 0. The molecule has 0 aliphatic rings. The van der Waals surface area contributed by atoms with E-state index >= 15 is 0 Å². The Morgan fingerprint density at radius 1 is 1.55 bits per heavy atom. The van der Waals surface area contributed by atoms with Crippen LogP contribution in [-0.4, -0.2) is 33.7 Å². The predicted molar refractivity (Wildman–Crippen MR) is 22.6 cm³/mol. The molecule has 0 rings (SSSR count). The molecule has 0 aliphatic heterocycles. The minimum Gasteiger partial charge on any atom is -0.478 e. The van der Waals surface area contributed by atoms with Crippen molar-refractivity contribution in [2.75, 3.05) is 0 Å². The lowest BCUT2D eigenvalue weighted by Crippen LogP contribution is -2.51. The molecule has 0 aromatic carbocycles. The average molecular weight is 177 g/mol. The summed E-state index contributed by atoms with van der Waals surface area (Å²) in [5.74, 6) is -7.50. The van der Waals surface area contributed by atoms with Crippen LogP contribution in [0.5, 0.6) is 0 Å². The van der Waals surface area contributed by atoms with Gasteiger partial charge in [-0.3, -0.25) is 0 Å². The number of halogens is 4. The molecular weight excluding hydrogens is 174 g/mol. The summed E-state index contributed by atoms with van der Waals surface area (Å²) in [5, 5.41) is 12.8. The maximum Gasteiger partial charge on any atom is 0.370 e. The fourth-order valence-corrected chi connectivity index (χ4v) is 0.255. The number of rotatable bonds is 3. The molecule has 0 saturated carbocycles. The molecule has 0 aromatic rings. The third kappa shape index (κ3) is 1.57. The van der Waals surface area contributed by atoms with E-state index in [0.717, 1.165) is 0 Å². The molecule has 0 spiro atoms. The van der Waals surface area contributed by atoms with Crippen LogP contribution in [0.15, 0.2) is 0 Å². The Labute approximate surface area is 57.5 Å². The molecule has 0 aromatic heterocycles. The van der Waals surface area contributed by atoms with Gasteiger partial charge in [0.2, 0.25) is 0 Å². The Morgan fingerprint density at radius 2 is 1.91 bits per heavy atom. The molecular formula is C3H3F4NO3. The molecule has 0 radical (unpaired) electrons. The third-order valence-electron chi connectivity index (χ3n) is 0.862. The number of carboxylic acids is 1. The zero-order chi connectivity index (χ0) is 9.23. The van der Waals surface area contributed by atoms with E-state index in [2.05, 4.69) is 0 Å². The summed E-state index contributed by atoms with van der Waals surface area (Å²) >= 11 is 0. The number of carboxylic acid groups (broad SMARTS) is 1. The first kappa shape index (κ1) is 10.1. The highest BCUT2D eigenvalue weighted by Gasteiger charge is 2.55. The zero-order valence-corrected chi connectivity index (χ0v) is 4.84. The van der Waals surface area contributed by atoms with Gasteiger partial charge in [-0.05, 0) is 0 Å². The highest BCUT2D eigenvalue weighted by Crippen LogP contribution is 2.24. The quantitative estimate of drug-likeness (QED) is 0.364. The minimum atomic E-state index is -4.69. The van der Waals surface area contributed by atoms with Gasteiger partial charge in [-0.1, -0.05) is 8.96 Å². The molecule has 11 heavy (non-hydrogen) atoms. The molecule has 0 bridgehead atoms.